The van der Waals surface area contributed by atoms with E-state index in [1.54, 1.807) is 0 Å². The minimum Gasteiger partial charge on any atom is -0.508 e. The van der Waals surface area contributed by atoms with Crippen molar-refractivity contribution in [2.45, 2.75) is 72.1 Å². The predicted molar refractivity (Wildman–Crippen MR) is 96.2 cm³/mol. The Kier molecular flexibility index (Phi) is 3.13. The minimum atomic E-state index is -0.207. The Hall–Kier alpha value is -1.31. The summed E-state index contributed by atoms with van der Waals surface area (Å²) in [4.78, 5) is 12.6. The number of hydrogen-bond acceptors (Lipinski definition) is 2. The van der Waals surface area contributed by atoms with Crippen LogP contribution in [-0.4, -0.2) is 10.9 Å². The highest BCUT2D eigenvalue weighted by Gasteiger charge is 2.63. The number of ketones is 1. The van der Waals surface area contributed by atoms with Gasteiger partial charge < -0.3 is 5.11 Å². The summed E-state index contributed by atoms with van der Waals surface area (Å²) in [6.45, 7) is 11.2. The largest absolute Gasteiger partial charge is 0.508 e. The number of phenolic OH excluding ortho intramolecular Hbond substituents is 1. The number of aromatic hydroxyl groups is 1. The summed E-state index contributed by atoms with van der Waals surface area (Å²) in [6.07, 6.45) is 4.95. The van der Waals surface area contributed by atoms with Crippen molar-refractivity contribution in [1.29, 1.82) is 0 Å². The van der Waals surface area contributed by atoms with E-state index in [1.807, 2.05) is 6.07 Å². The van der Waals surface area contributed by atoms with Crippen LogP contribution in [0.4, 0.5) is 0 Å². The zero-order valence-electron chi connectivity index (χ0n) is 15.7. The predicted octanol–water partition coefficient (Wildman–Crippen LogP) is 4.94. The van der Waals surface area contributed by atoms with Gasteiger partial charge in [0.1, 0.15) is 11.5 Å². The van der Waals surface area contributed by atoms with Crippen LogP contribution in [0.1, 0.15) is 70.1 Å². The van der Waals surface area contributed by atoms with Crippen molar-refractivity contribution < 1.29 is 9.90 Å². The Morgan fingerprint density at radius 2 is 1.79 bits per heavy atom. The second-order valence-electron chi connectivity index (χ2n) is 9.73. The number of aryl methyl sites for hydroxylation is 1. The Labute approximate surface area is 145 Å². The molecule has 130 valence electrons. The minimum absolute atomic E-state index is 0.0504. The first kappa shape index (κ1) is 16.2. The van der Waals surface area contributed by atoms with E-state index in [1.165, 1.54) is 11.1 Å². The zero-order chi connectivity index (χ0) is 17.5. The van der Waals surface area contributed by atoms with E-state index in [9.17, 15) is 9.90 Å². The molecular weight excluding hydrogens is 296 g/mol. The summed E-state index contributed by atoms with van der Waals surface area (Å²) in [5, 5.41) is 10.7. The van der Waals surface area contributed by atoms with E-state index in [0.717, 1.165) is 31.2 Å². The SMILES string of the molecule is Cc1cc(O)c2c(c1)CC1C2(C)CCC2C(C)(C)C(=O)CCC21C. The van der Waals surface area contributed by atoms with Gasteiger partial charge >= 0.3 is 0 Å². The van der Waals surface area contributed by atoms with E-state index < -0.39 is 0 Å². The molecule has 1 aromatic rings. The molecule has 0 saturated heterocycles. The summed E-state index contributed by atoms with van der Waals surface area (Å²) in [5.41, 5.74) is 3.72. The zero-order valence-corrected chi connectivity index (χ0v) is 15.7. The first-order chi connectivity index (χ1) is 11.1. The van der Waals surface area contributed by atoms with Crippen LogP contribution in [0, 0.1) is 29.6 Å². The summed E-state index contributed by atoms with van der Waals surface area (Å²) >= 11 is 0. The molecule has 0 aromatic heterocycles. The molecule has 4 rings (SSSR count). The number of hydrogen-bond donors (Lipinski definition) is 1. The van der Waals surface area contributed by atoms with Crippen molar-refractivity contribution in [1.82, 2.24) is 0 Å². The molecule has 24 heavy (non-hydrogen) atoms. The third-order valence-corrected chi connectivity index (χ3v) is 8.13. The molecule has 1 N–H and O–H groups in total. The van der Waals surface area contributed by atoms with Gasteiger partial charge in [-0.2, -0.15) is 0 Å². The van der Waals surface area contributed by atoms with Crippen molar-refractivity contribution in [2.24, 2.45) is 22.7 Å². The summed E-state index contributed by atoms with van der Waals surface area (Å²) in [5.74, 6) is 1.92. The Balaban J connectivity index is 1.84. The van der Waals surface area contributed by atoms with Crippen LogP contribution in [0.3, 0.4) is 0 Å². The number of phenols is 1. The summed E-state index contributed by atoms with van der Waals surface area (Å²) in [6, 6.07) is 4.20. The van der Waals surface area contributed by atoms with Crippen molar-refractivity contribution in [3.05, 3.63) is 28.8 Å². The Morgan fingerprint density at radius 1 is 1.08 bits per heavy atom. The lowest BCUT2D eigenvalue weighted by atomic mass is 9.43. The average molecular weight is 326 g/mol. The van der Waals surface area contributed by atoms with Gasteiger partial charge in [0, 0.05) is 22.8 Å². The molecule has 3 aliphatic rings. The van der Waals surface area contributed by atoms with Gasteiger partial charge in [0.05, 0.1) is 0 Å². The van der Waals surface area contributed by atoms with E-state index >= 15 is 0 Å². The molecule has 0 bridgehead atoms. The number of carbonyl (C=O) groups is 1. The first-order valence-electron chi connectivity index (χ1n) is 9.47. The third kappa shape index (κ3) is 1.80. The monoisotopic (exact) mass is 326 g/mol. The number of Topliss-reactive ketones (excluding diaryl/α,β-unsaturated/α-hetero) is 1. The molecule has 1 aromatic carbocycles. The lowest BCUT2D eigenvalue weighted by molar-refractivity contribution is -0.151. The van der Waals surface area contributed by atoms with E-state index in [0.29, 0.717) is 29.8 Å². The molecule has 2 heteroatoms. The van der Waals surface area contributed by atoms with Gasteiger partial charge in [0.25, 0.3) is 0 Å². The third-order valence-electron chi connectivity index (χ3n) is 8.13. The van der Waals surface area contributed by atoms with Crippen LogP contribution >= 0.6 is 0 Å². The molecule has 4 unspecified atom stereocenters. The van der Waals surface area contributed by atoms with Crippen molar-refractivity contribution in [3.63, 3.8) is 0 Å². The quantitative estimate of drug-likeness (QED) is 0.733. The maximum absolute atomic E-state index is 12.6. The molecular formula is C22H30O2. The lowest BCUT2D eigenvalue weighted by Crippen LogP contribution is -2.57. The number of benzene rings is 1. The van der Waals surface area contributed by atoms with Crippen molar-refractivity contribution in [2.75, 3.05) is 0 Å². The number of fused-ring (bicyclic) bond motifs is 5. The van der Waals surface area contributed by atoms with Gasteiger partial charge in [-0.1, -0.05) is 33.8 Å². The second-order valence-corrected chi connectivity index (χ2v) is 9.73. The normalized spacial score (nSPS) is 40.0. The van der Waals surface area contributed by atoms with Crippen LogP contribution < -0.4 is 0 Å². The van der Waals surface area contributed by atoms with E-state index in [-0.39, 0.29) is 16.2 Å². The summed E-state index contributed by atoms with van der Waals surface area (Å²) in [7, 11) is 0. The molecule has 0 radical (unpaired) electrons. The van der Waals surface area contributed by atoms with Crippen LogP contribution in [-0.2, 0) is 16.6 Å². The molecule has 4 atom stereocenters. The molecule has 2 fully saturated rings. The summed E-state index contributed by atoms with van der Waals surface area (Å²) < 4.78 is 0. The molecule has 0 amide bonds. The standard InChI is InChI=1S/C22H30O2/c1-13-10-14-12-17-21(4)9-7-18(24)20(2,3)16(21)6-8-22(17,5)19(14)15(23)11-13/h10-11,16-17,23H,6-9,12H2,1-5H3. The molecule has 0 spiro atoms. The van der Waals surface area contributed by atoms with Crippen molar-refractivity contribution in [3.8, 4) is 5.75 Å². The van der Waals surface area contributed by atoms with Gasteiger partial charge in [0.2, 0.25) is 0 Å². The second kappa shape index (κ2) is 4.65. The number of rotatable bonds is 0. The lowest BCUT2D eigenvalue weighted by Gasteiger charge is -2.60. The van der Waals surface area contributed by atoms with Gasteiger partial charge in [0.15, 0.2) is 0 Å². The fraction of sp³-hybridized carbons (Fsp3) is 0.682. The fourth-order valence-electron chi connectivity index (χ4n) is 6.99. The molecule has 3 aliphatic carbocycles. The Morgan fingerprint density at radius 3 is 2.50 bits per heavy atom. The average Bonchev–Trinajstić information content (AvgIpc) is 2.77. The van der Waals surface area contributed by atoms with Gasteiger partial charge in [-0.05, 0) is 67.1 Å². The maximum atomic E-state index is 12.6. The highest BCUT2D eigenvalue weighted by Crippen LogP contribution is 2.67. The maximum Gasteiger partial charge on any atom is 0.138 e. The van der Waals surface area contributed by atoms with Gasteiger partial charge in [-0.15, -0.1) is 0 Å². The van der Waals surface area contributed by atoms with Gasteiger partial charge in [-0.25, -0.2) is 0 Å². The smallest absolute Gasteiger partial charge is 0.138 e. The van der Waals surface area contributed by atoms with Crippen LogP contribution in [0.25, 0.3) is 0 Å². The molecule has 0 aliphatic heterocycles. The van der Waals surface area contributed by atoms with E-state index in [2.05, 4.69) is 40.7 Å². The van der Waals surface area contributed by atoms with Crippen LogP contribution in [0.5, 0.6) is 5.75 Å². The molecule has 2 saturated carbocycles. The number of carbonyl (C=O) groups excluding carboxylic acids is 1. The van der Waals surface area contributed by atoms with E-state index in [4.69, 9.17) is 0 Å². The van der Waals surface area contributed by atoms with Crippen LogP contribution in [0.15, 0.2) is 12.1 Å². The van der Waals surface area contributed by atoms with Crippen LogP contribution in [0.2, 0.25) is 0 Å². The highest BCUT2D eigenvalue weighted by molar-refractivity contribution is 5.85. The van der Waals surface area contributed by atoms with Gasteiger partial charge in [-0.3, -0.25) is 4.79 Å². The highest BCUT2D eigenvalue weighted by atomic mass is 16.3. The topological polar surface area (TPSA) is 37.3 Å². The Bertz CT molecular complexity index is 732. The molecule has 0 heterocycles. The first-order valence-corrected chi connectivity index (χ1v) is 9.47. The molecule has 2 nitrogen and oxygen atoms in total. The fourth-order valence-corrected chi connectivity index (χ4v) is 6.99. The van der Waals surface area contributed by atoms with Crippen molar-refractivity contribution >= 4 is 5.78 Å².